The number of aliphatic hydroxyl groups is 1. The van der Waals surface area contributed by atoms with E-state index in [0.29, 0.717) is 5.56 Å². The van der Waals surface area contributed by atoms with Gasteiger partial charge in [0.25, 0.3) is 0 Å². The first-order valence-corrected chi connectivity index (χ1v) is 4.89. The van der Waals surface area contributed by atoms with Crippen molar-refractivity contribution in [1.82, 2.24) is 0 Å². The molecule has 0 saturated carbocycles. The van der Waals surface area contributed by atoms with Gasteiger partial charge in [-0.2, -0.15) is 0 Å². The molecule has 0 amide bonds. The van der Waals surface area contributed by atoms with Crippen LogP contribution < -0.4 is 0 Å². The molecule has 0 bridgehead atoms. The van der Waals surface area contributed by atoms with Crippen molar-refractivity contribution < 1.29 is 5.11 Å². The van der Waals surface area contributed by atoms with Crippen molar-refractivity contribution in [3.05, 3.63) is 45.7 Å². The zero-order valence-corrected chi connectivity index (χ0v) is 7.98. The van der Waals surface area contributed by atoms with E-state index in [1.165, 1.54) is 11.3 Å². The molecule has 70 valence electrons. The predicted octanol–water partition coefficient (Wildman–Crippen LogP) is 3.20. The second-order valence-corrected chi connectivity index (χ2v) is 3.68. The lowest BCUT2D eigenvalue weighted by atomic mass is 10.1. The minimum atomic E-state index is -1.09. The highest BCUT2D eigenvalue weighted by Gasteiger charge is 2.10. The third-order valence-corrected chi connectivity index (χ3v) is 2.93. The Morgan fingerprint density at radius 2 is 2.21 bits per heavy atom. The molecule has 1 aromatic heterocycles. The largest absolute Gasteiger partial charge is 0.382 e. The molecule has 5 heteroatoms. The summed E-state index contributed by atoms with van der Waals surface area (Å²) in [5.74, 6) is 0. The van der Waals surface area contributed by atoms with E-state index in [1.807, 2.05) is 29.6 Å². The van der Waals surface area contributed by atoms with Gasteiger partial charge in [-0.3, -0.25) is 0 Å². The number of hydrogen-bond donors (Lipinski definition) is 1. The molecule has 1 atom stereocenters. The quantitative estimate of drug-likeness (QED) is 0.456. The summed E-state index contributed by atoms with van der Waals surface area (Å²) in [6, 6.07) is 7.69. The summed E-state index contributed by atoms with van der Waals surface area (Å²) in [6.07, 6.45) is -1.09. The van der Waals surface area contributed by atoms with Crippen LogP contribution in [0.2, 0.25) is 0 Å². The van der Waals surface area contributed by atoms with Crippen LogP contribution in [0.25, 0.3) is 20.5 Å². The third kappa shape index (κ3) is 1.44. The van der Waals surface area contributed by atoms with Crippen LogP contribution >= 0.6 is 11.3 Å². The molecule has 14 heavy (non-hydrogen) atoms. The Labute approximate surface area is 84.0 Å². The molecule has 0 unspecified atom stereocenters. The SMILES string of the molecule is [N-]=[N+]=N[C@H](O)c1csc2ccccc12. The first-order chi connectivity index (χ1) is 6.83. The summed E-state index contributed by atoms with van der Waals surface area (Å²) in [4.78, 5) is 2.58. The molecule has 0 fully saturated rings. The van der Waals surface area contributed by atoms with E-state index in [1.54, 1.807) is 0 Å². The van der Waals surface area contributed by atoms with E-state index in [-0.39, 0.29) is 0 Å². The maximum Gasteiger partial charge on any atom is 0.159 e. The van der Waals surface area contributed by atoms with Crippen LogP contribution in [-0.2, 0) is 0 Å². The minimum absolute atomic E-state index is 0.670. The molecule has 0 spiro atoms. The fourth-order valence-corrected chi connectivity index (χ4v) is 2.28. The van der Waals surface area contributed by atoms with Crippen LogP contribution in [0.5, 0.6) is 0 Å². The van der Waals surface area contributed by atoms with Gasteiger partial charge in [-0.05, 0) is 22.4 Å². The normalized spacial score (nSPS) is 12.4. The highest BCUT2D eigenvalue weighted by Crippen LogP contribution is 2.30. The van der Waals surface area contributed by atoms with Crippen LogP contribution in [0.4, 0.5) is 0 Å². The third-order valence-electron chi connectivity index (χ3n) is 1.95. The number of aliphatic hydroxyl groups excluding tert-OH is 1. The fourth-order valence-electron chi connectivity index (χ4n) is 1.31. The van der Waals surface area contributed by atoms with Crippen LogP contribution in [0.15, 0.2) is 34.8 Å². The van der Waals surface area contributed by atoms with Gasteiger partial charge in [0.05, 0.1) is 0 Å². The fraction of sp³-hybridized carbons (Fsp3) is 0.111. The van der Waals surface area contributed by atoms with Gasteiger partial charge in [0.2, 0.25) is 0 Å². The Bertz CT molecular complexity index is 501. The molecule has 0 aliphatic heterocycles. The zero-order valence-electron chi connectivity index (χ0n) is 7.16. The Kier molecular flexibility index (Phi) is 2.37. The van der Waals surface area contributed by atoms with E-state index in [2.05, 4.69) is 10.0 Å². The van der Waals surface area contributed by atoms with Crippen LogP contribution in [-0.4, -0.2) is 5.11 Å². The monoisotopic (exact) mass is 205 g/mol. The lowest BCUT2D eigenvalue weighted by Crippen LogP contribution is -1.89. The Hall–Kier alpha value is -1.55. The molecule has 0 aliphatic rings. The van der Waals surface area contributed by atoms with Gasteiger partial charge in [0.1, 0.15) is 0 Å². The average molecular weight is 205 g/mol. The smallest absolute Gasteiger partial charge is 0.159 e. The topological polar surface area (TPSA) is 69.0 Å². The number of fused-ring (bicyclic) bond motifs is 1. The second kappa shape index (κ2) is 3.67. The van der Waals surface area contributed by atoms with Crippen molar-refractivity contribution in [3.8, 4) is 0 Å². The van der Waals surface area contributed by atoms with E-state index >= 15 is 0 Å². The number of azide groups is 1. The van der Waals surface area contributed by atoms with E-state index < -0.39 is 6.23 Å². The summed E-state index contributed by atoms with van der Waals surface area (Å²) in [5, 5.41) is 15.5. The number of thiophene rings is 1. The van der Waals surface area contributed by atoms with Gasteiger partial charge in [-0.1, -0.05) is 23.3 Å². The maximum atomic E-state index is 9.49. The molecule has 1 aromatic carbocycles. The van der Waals surface area contributed by atoms with Crippen molar-refractivity contribution in [2.75, 3.05) is 0 Å². The molecular formula is C9H7N3OS. The Morgan fingerprint density at radius 1 is 1.43 bits per heavy atom. The Balaban J connectivity index is 2.57. The van der Waals surface area contributed by atoms with Crippen LogP contribution in [0.3, 0.4) is 0 Å². The summed E-state index contributed by atoms with van der Waals surface area (Å²) in [6.45, 7) is 0. The van der Waals surface area contributed by atoms with Crippen LogP contribution in [0, 0.1) is 0 Å². The van der Waals surface area contributed by atoms with Gasteiger partial charge in [-0.25, -0.2) is 0 Å². The molecule has 1 N–H and O–H groups in total. The summed E-state index contributed by atoms with van der Waals surface area (Å²) in [5.41, 5.74) is 8.88. The summed E-state index contributed by atoms with van der Waals surface area (Å²) < 4.78 is 1.08. The molecule has 0 radical (unpaired) electrons. The number of rotatable bonds is 2. The average Bonchev–Trinajstić information content (AvgIpc) is 2.61. The molecular weight excluding hydrogens is 198 g/mol. The van der Waals surface area contributed by atoms with Crippen molar-refractivity contribution >= 4 is 21.4 Å². The highest BCUT2D eigenvalue weighted by atomic mass is 32.1. The van der Waals surface area contributed by atoms with Gasteiger partial charge < -0.3 is 5.11 Å². The highest BCUT2D eigenvalue weighted by molar-refractivity contribution is 7.17. The summed E-state index contributed by atoms with van der Waals surface area (Å²) in [7, 11) is 0. The van der Waals surface area contributed by atoms with Crippen molar-refractivity contribution in [3.63, 3.8) is 0 Å². The lowest BCUT2D eigenvalue weighted by Gasteiger charge is -2.00. The van der Waals surface area contributed by atoms with Crippen molar-refractivity contribution in [2.45, 2.75) is 6.23 Å². The van der Waals surface area contributed by atoms with Crippen molar-refractivity contribution in [2.24, 2.45) is 5.11 Å². The molecule has 0 aliphatic carbocycles. The number of nitrogens with zero attached hydrogens (tertiary/aromatic N) is 3. The first-order valence-electron chi connectivity index (χ1n) is 4.01. The van der Waals surface area contributed by atoms with Crippen molar-refractivity contribution in [1.29, 1.82) is 0 Å². The molecule has 4 nitrogen and oxygen atoms in total. The predicted molar refractivity (Wildman–Crippen MR) is 55.9 cm³/mol. The van der Waals surface area contributed by atoms with Crippen LogP contribution in [0.1, 0.15) is 11.8 Å². The minimum Gasteiger partial charge on any atom is -0.382 e. The zero-order chi connectivity index (χ0) is 9.97. The number of hydrogen-bond acceptors (Lipinski definition) is 3. The van der Waals surface area contributed by atoms with Gasteiger partial charge in [0.15, 0.2) is 6.23 Å². The molecule has 1 heterocycles. The van der Waals surface area contributed by atoms with Gasteiger partial charge in [-0.15, -0.1) is 11.3 Å². The standard InChI is InChI=1S/C9H7N3OS/c10-12-11-9(13)7-5-14-8-4-2-1-3-6(7)8/h1-5,9,13H/t9-/m1/s1. The van der Waals surface area contributed by atoms with E-state index in [9.17, 15) is 5.11 Å². The molecule has 2 aromatic rings. The van der Waals surface area contributed by atoms with E-state index in [4.69, 9.17) is 5.53 Å². The summed E-state index contributed by atoms with van der Waals surface area (Å²) >= 11 is 1.52. The second-order valence-electron chi connectivity index (χ2n) is 2.77. The Morgan fingerprint density at radius 3 is 3.00 bits per heavy atom. The maximum absolute atomic E-state index is 9.49. The molecule has 0 saturated heterocycles. The van der Waals surface area contributed by atoms with Gasteiger partial charge >= 0.3 is 0 Å². The molecule has 2 rings (SSSR count). The lowest BCUT2D eigenvalue weighted by molar-refractivity contribution is 0.188. The first kappa shape index (κ1) is 9.02. The number of benzene rings is 1. The van der Waals surface area contributed by atoms with Gasteiger partial charge in [0, 0.05) is 15.2 Å². The van der Waals surface area contributed by atoms with E-state index in [0.717, 1.165) is 10.1 Å².